The Labute approximate surface area is 106 Å². The molecule has 1 atom stereocenters. The first-order valence-corrected chi connectivity index (χ1v) is 5.90. The topological polar surface area (TPSA) is 55.2 Å². The lowest BCUT2D eigenvalue weighted by molar-refractivity contribution is 0.202. The summed E-state index contributed by atoms with van der Waals surface area (Å²) in [4.78, 5) is 8.28. The van der Waals surface area contributed by atoms with Crippen molar-refractivity contribution < 1.29 is 9.84 Å². The van der Waals surface area contributed by atoms with E-state index in [-0.39, 0.29) is 0 Å². The van der Waals surface area contributed by atoms with Crippen molar-refractivity contribution in [3.63, 3.8) is 0 Å². The van der Waals surface area contributed by atoms with Crippen molar-refractivity contribution in [2.45, 2.75) is 20.0 Å². The van der Waals surface area contributed by atoms with E-state index in [1.54, 1.807) is 12.4 Å². The van der Waals surface area contributed by atoms with Crippen LogP contribution in [-0.2, 0) is 0 Å². The predicted molar refractivity (Wildman–Crippen MR) is 68.4 cm³/mol. The summed E-state index contributed by atoms with van der Waals surface area (Å²) in [6.07, 6.45) is 2.51. The molecule has 0 aliphatic heterocycles. The number of aliphatic hydroxyl groups is 1. The summed E-state index contributed by atoms with van der Waals surface area (Å²) < 4.78 is 5.49. The molecule has 4 nitrogen and oxygen atoms in total. The predicted octanol–water partition coefficient (Wildman–Crippen LogP) is 2.27. The molecule has 0 bridgehead atoms. The average Bonchev–Trinajstić information content (AvgIpc) is 2.40. The number of nitrogens with zero attached hydrogens (tertiary/aromatic N) is 2. The van der Waals surface area contributed by atoms with Gasteiger partial charge in [-0.05, 0) is 25.5 Å². The van der Waals surface area contributed by atoms with Gasteiger partial charge in [0.25, 0.3) is 0 Å². The van der Waals surface area contributed by atoms with Gasteiger partial charge >= 0.3 is 0 Å². The zero-order chi connectivity index (χ0) is 13.0. The van der Waals surface area contributed by atoms with E-state index in [1.807, 2.05) is 38.1 Å². The number of ether oxygens (including phenoxy) is 1. The van der Waals surface area contributed by atoms with Crippen LogP contribution in [0.25, 0.3) is 0 Å². The second-order valence-corrected chi connectivity index (χ2v) is 3.99. The van der Waals surface area contributed by atoms with Crippen molar-refractivity contribution in [2.24, 2.45) is 0 Å². The van der Waals surface area contributed by atoms with E-state index >= 15 is 0 Å². The number of hydrogen-bond donors (Lipinski definition) is 1. The number of benzene rings is 1. The summed E-state index contributed by atoms with van der Waals surface area (Å²) in [7, 11) is 0. The molecule has 0 radical (unpaired) electrons. The third-order valence-corrected chi connectivity index (χ3v) is 2.56. The zero-order valence-corrected chi connectivity index (χ0v) is 10.5. The van der Waals surface area contributed by atoms with Gasteiger partial charge in [-0.3, -0.25) is 0 Å². The van der Waals surface area contributed by atoms with Gasteiger partial charge < -0.3 is 9.84 Å². The zero-order valence-electron chi connectivity index (χ0n) is 10.5. The summed E-state index contributed by atoms with van der Waals surface area (Å²) in [6, 6.07) is 7.38. The molecule has 2 aromatic rings. The molecular formula is C14H16N2O2. The van der Waals surface area contributed by atoms with E-state index in [4.69, 9.17) is 4.74 Å². The van der Waals surface area contributed by atoms with Crippen molar-refractivity contribution in [2.75, 3.05) is 6.61 Å². The smallest absolute Gasteiger partial charge is 0.161 e. The molecule has 94 valence electrons. The minimum Gasteiger partial charge on any atom is -0.493 e. The second-order valence-electron chi connectivity index (χ2n) is 3.99. The maximum atomic E-state index is 10.3. The third kappa shape index (κ3) is 2.65. The number of aliphatic hydroxyl groups excluding tert-OH is 1. The van der Waals surface area contributed by atoms with E-state index in [0.717, 1.165) is 5.56 Å². The van der Waals surface area contributed by atoms with Crippen LogP contribution < -0.4 is 4.74 Å². The number of para-hydroxylation sites is 1. The molecule has 0 fully saturated rings. The summed E-state index contributed by atoms with van der Waals surface area (Å²) in [6.45, 7) is 4.37. The Morgan fingerprint density at radius 3 is 2.56 bits per heavy atom. The van der Waals surface area contributed by atoms with Crippen LogP contribution in [0.3, 0.4) is 0 Å². The number of aromatic nitrogens is 2. The first-order chi connectivity index (χ1) is 8.72. The fourth-order valence-corrected chi connectivity index (χ4v) is 1.68. The van der Waals surface area contributed by atoms with Gasteiger partial charge in [0.1, 0.15) is 11.9 Å². The lowest BCUT2D eigenvalue weighted by Crippen LogP contribution is -2.07. The molecule has 1 heterocycles. The molecule has 18 heavy (non-hydrogen) atoms. The van der Waals surface area contributed by atoms with Crippen molar-refractivity contribution in [1.82, 2.24) is 9.97 Å². The molecule has 1 N–H and O–H groups in total. The Morgan fingerprint density at radius 1 is 1.22 bits per heavy atom. The highest BCUT2D eigenvalue weighted by molar-refractivity contribution is 5.37. The molecular weight excluding hydrogens is 228 g/mol. The molecule has 1 unspecified atom stereocenters. The molecule has 0 spiro atoms. The number of hydrogen-bond acceptors (Lipinski definition) is 4. The first kappa shape index (κ1) is 12.5. The fourth-order valence-electron chi connectivity index (χ4n) is 1.68. The molecule has 2 rings (SSSR count). The lowest BCUT2D eigenvalue weighted by Gasteiger charge is -2.14. The summed E-state index contributed by atoms with van der Waals surface area (Å²) in [5.41, 5.74) is 1.65. The van der Waals surface area contributed by atoms with Crippen LogP contribution in [0.4, 0.5) is 0 Å². The standard InChI is InChI=1S/C14H16N2O2/c1-3-18-12-7-5-4-6-11(12)13(17)14-15-8-10(2)9-16-14/h4-9,13,17H,3H2,1-2H3. The normalized spacial score (nSPS) is 12.2. The summed E-state index contributed by atoms with van der Waals surface area (Å²) in [5, 5.41) is 10.3. The van der Waals surface area contributed by atoms with Gasteiger partial charge in [0.05, 0.1) is 6.61 Å². The largest absolute Gasteiger partial charge is 0.493 e. The van der Waals surface area contributed by atoms with Crippen molar-refractivity contribution in [3.8, 4) is 5.75 Å². The van der Waals surface area contributed by atoms with Crippen molar-refractivity contribution in [3.05, 3.63) is 53.6 Å². The maximum absolute atomic E-state index is 10.3. The Hall–Kier alpha value is -1.94. The minimum atomic E-state index is -0.867. The number of aryl methyl sites for hydroxylation is 1. The van der Waals surface area contributed by atoms with Crippen molar-refractivity contribution >= 4 is 0 Å². The summed E-state index contributed by atoms with van der Waals surface area (Å²) in [5.74, 6) is 1.05. The van der Waals surface area contributed by atoms with E-state index in [2.05, 4.69) is 9.97 Å². The van der Waals surface area contributed by atoms with Crippen molar-refractivity contribution in [1.29, 1.82) is 0 Å². The molecule has 1 aromatic heterocycles. The molecule has 0 saturated carbocycles. The van der Waals surface area contributed by atoms with E-state index in [0.29, 0.717) is 23.7 Å². The molecule has 4 heteroatoms. The maximum Gasteiger partial charge on any atom is 0.161 e. The highest BCUT2D eigenvalue weighted by Crippen LogP contribution is 2.27. The minimum absolute atomic E-state index is 0.382. The second kappa shape index (κ2) is 5.60. The van der Waals surface area contributed by atoms with Crippen LogP contribution in [0.15, 0.2) is 36.7 Å². The Bertz CT molecular complexity index is 511. The van der Waals surface area contributed by atoms with Crippen LogP contribution in [-0.4, -0.2) is 21.7 Å². The highest BCUT2D eigenvalue weighted by Gasteiger charge is 2.17. The van der Waals surface area contributed by atoms with Gasteiger partial charge in [-0.25, -0.2) is 9.97 Å². The van der Waals surface area contributed by atoms with Gasteiger partial charge in [0.2, 0.25) is 0 Å². The monoisotopic (exact) mass is 244 g/mol. The van der Waals surface area contributed by atoms with E-state index < -0.39 is 6.10 Å². The average molecular weight is 244 g/mol. The van der Waals surface area contributed by atoms with Gasteiger partial charge in [-0.2, -0.15) is 0 Å². The fraction of sp³-hybridized carbons (Fsp3) is 0.286. The molecule has 0 aliphatic carbocycles. The van der Waals surface area contributed by atoms with Crippen LogP contribution in [0.2, 0.25) is 0 Å². The van der Waals surface area contributed by atoms with Gasteiger partial charge in [-0.15, -0.1) is 0 Å². The Kier molecular flexibility index (Phi) is 3.89. The van der Waals surface area contributed by atoms with Crippen LogP contribution >= 0.6 is 0 Å². The van der Waals surface area contributed by atoms with Gasteiger partial charge in [-0.1, -0.05) is 18.2 Å². The molecule has 0 aliphatic rings. The molecule has 0 amide bonds. The van der Waals surface area contributed by atoms with Crippen LogP contribution in [0.5, 0.6) is 5.75 Å². The molecule has 0 saturated heterocycles. The number of rotatable bonds is 4. The first-order valence-electron chi connectivity index (χ1n) is 5.90. The van der Waals surface area contributed by atoms with Gasteiger partial charge in [0.15, 0.2) is 5.82 Å². The highest BCUT2D eigenvalue weighted by atomic mass is 16.5. The van der Waals surface area contributed by atoms with Crippen LogP contribution in [0.1, 0.15) is 30.0 Å². The van der Waals surface area contributed by atoms with E-state index in [9.17, 15) is 5.11 Å². The lowest BCUT2D eigenvalue weighted by atomic mass is 10.1. The Morgan fingerprint density at radius 2 is 1.89 bits per heavy atom. The Balaban J connectivity index is 2.33. The SMILES string of the molecule is CCOc1ccccc1C(O)c1ncc(C)cn1. The van der Waals surface area contributed by atoms with Gasteiger partial charge in [0, 0.05) is 18.0 Å². The molecule has 1 aromatic carbocycles. The third-order valence-electron chi connectivity index (χ3n) is 2.56. The summed E-state index contributed by atoms with van der Waals surface area (Å²) >= 11 is 0. The van der Waals surface area contributed by atoms with E-state index in [1.165, 1.54) is 0 Å². The quantitative estimate of drug-likeness (QED) is 0.896. The van der Waals surface area contributed by atoms with Crippen LogP contribution in [0, 0.1) is 6.92 Å².